The molecule has 51 heavy (non-hydrogen) atoms. The normalized spacial score (nSPS) is 11.9. The molecule has 0 aliphatic rings. The van der Waals surface area contributed by atoms with Crippen molar-refractivity contribution < 1.29 is 4.42 Å². The van der Waals surface area contributed by atoms with E-state index < -0.39 is 0 Å². The monoisotopic (exact) mass is 640 g/mol. The number of benzene rings is 8. The second-order valence-corrected chi connectivity index (χ2v) is 15.1. The van der Waals surface area contributed by atoms with Crippen molar-refractivity contribution in [1.29, 1.82) is 0 Å². The Morgan fingerprint density at radius 3 is 1.31 bits per heavy atom. The van der Waals surface area contributed by atoms with Gasteiger partial charge in [0.25, 0.3) is 0 Å². The van der Waals surface area contributed by atoms with E-state index in [1.165, 1.54) is 126 Å². The Bertz CT molecular complexity index is 2920. The zero-order chi connectivity index (χ0) is 35.6. The summed E-state index contributed by atoms with van der Waals surface area (Å²) in [5.74, 6) is 0. The Balaban J connectivity index is 1.33. The average Bonchev–Trinajstić information content (AvgIpc) is 3.54. The summed E-state index contributed by atoms with van der Waals surface area (Å²) in [6.45, 7) is 0. The number of furan rings is 1. The zero-order valence-corrected chi connectivity index (χ0v) is 31.5. The van der Waals surface area contributed by atoms with Gasteiger partial charge >= 0.3 is 0 Å². The summed E-state index contributed by atoms with van der Waals surface area (Å²) in [5.41, 5.74) is 23.2. The highest BCUT2D eigenvalue weighted by Crippen LogP contribution is 2.45. The fraction of sp³-hybridized carbons (Fsp3) is 0. The van der Waals surface area contributed by atoms with Gasteiger partial charge in [0.15, 0.2) is 0 Å². The molecule has 0 N–H and O–H groups in total. The van der Waals surface area contributed by atoms with Crippen LogP contribution in [0.4, 0.5) is 0 Å². The third-order valence-corrected chi connectivity index (χ3v) is 13.0. The van der Waals surface area contributed by atoms with Crippen molar-refractivity contribution in [2.75, 3.05) is 0 Å². The molecule has 0 unspecified atom stereocenters. The van der Waals surface area contributed by atoms with Crippen LogP contribution in [0.3, 0.4) is 0 Å². The molecule has 9 aromatic rings. The molecule has 1 nitrogen and oxygen atoms in total. The van der Waals surface area contributed by atoms with E-state index in [0.29, 0.717) is 0 Å². The van der Waals surface area contributed by atoms with Gasteiger partial charge in [0.2, 0.25) is 0 Å². The fourth-order valence-corrected chi connectivity index (χ4v) is 9.33. The molecule has 230 valence electrons. The minimum atomic E-state index is 0.926. The van der Waals surface area contributed by atoms with Crippen molar-refractivity contribution in [3.63, 3.8) is 0 Å². The maximum atomic E-state index is 6.86. The molecule has 0 aliphatic heterocycles. The van der Waals surface area contributed by atoms with Gasteiger partial charge in [0.05, 0.1) is 0 Å². The van der Waals surface area contributed by atoms with Crippen LogP contribution in [0.5, 0.6) is 0 Å². The Morgan fingerprint density at radius 2 is 0.745 bits per heavy atom. The highest BCUT2D eigenvalue weighted by Gasteiger charge is 2.22. The molecular formula is C40H34B10O. The molecule has 1 heterocycles. The zero-order valence-electron chi connectivity index (χ0n) is 31.5. The van der Waals surface area contributed by atoms with E-state index in [4.69, 9.17) is 4.42 Å². The molecule has 1 aromatic heterocycles. The van der Waals surface area contributed by atoms with Crippen LogP contribution in [0.2, 0.25) is 0 Å². The first-order valence-electron chi connectivity index (χ1n) is 18.3. The van der Waals surface area contributed by atoms with Crippen molar-refractivity contribution in [3.8, 4) is 33.4 Å². The molecule has 0 amide bonds. The molecule has 0 spiro atoms. The first-order valence-corrected chi connectivity index (χ1v) is 18.3. The molecule has 8 aromatic carbocycles. The predicted octanol–water partition coefficient (Wildman–Crippen LogP) is -5.93. The number of hydrogen-bond donors (Lipinski definition) is 0. The van der Waals surface area contributed by atoms with Crippen LogP contribution in [-0.4, -0.2) is 78.5 Å². The van der Waals surface area contributed by atoms with Gasteiger partial charge in [0.1, 0.15) is 89.6 Å². The van der Waals surface area contributed by atoms with Crippen molar-refractivity contribution in [3.05, 3.63) is 84.9 Å². The first-order chi connectivity index (χ1) is 24.5. The summed E-state index contributed by atoms with van der Waals surface area (Å²) < 4.78 is 6.86. The van der Waals surface area contributed by atoms with E-state index in [0.717, 1.165) is 16.6 Å². The van der Waals surface area contributed by atoms with E-state index >= 15 is 0 Å². The van der Waals surface area contributed by atoms with Crippen molar-refractivity contribution in [2.24, 2.45) is 0 Å². The Labute approximate surface area is 308 Å². The van der Waals surface area contributed by atoms with Gasteiger partial charge in [-0.2, -0.15) is 0 Å². The summed E-state index contributed by atoms with van der Waals surface area (Å²) in [6.07, 6.45) is 0. The van der Waals surface area contributed by atoms with Crippen LogP contribution in [0.15, 0.2) is 89.3 Å². The molecule has 0 atom stereocenters. The maximum absolute atomic E-state index is 6.86. The van der Waals surface area contributed by atoms with E-state index in [-0.39, 0.29) is 0 Å². The Kier molecular flexibility index (Phi) is 7.18. The summed E-state index contributed by atoms with van der Waals surface area (Å²) in [5, 5.41) is 10.2. The van der Waals surface area contributed by atoms with Crippen LogP contribution in [0, 0.1) is 0 Å². The van der Waals surface area contributed by atoms with Gasteiger partial charge in [-0.1, -0.05) is 101 Å². The molecule has 9 rings (SSSR count). The van der Waals surface area contributed by atoms with Gasteiger partial charge in [-0.15, -0.1) is 32.8 Å². The largest absolute Gasteiger partial charge is 0.455 e. The highest BCUT2D eigenvalue weighted by molar-refractivity contribution is 6.70. The van der Waals surface area contributed by atoms with Gasteiger partial charge in [0, 0.05) is 16.3 Å². The molecule has 0 bridgehead atoms. The SMILES string of the molecule is Bc1c(B)c(B)c(-c2ccc3ccc4c(-c5cccc6oc7c(-c8c(B)c(B)c(B)c(B)c8B)cccc7c56)ccc5ccc2c3c54)c(B)c1B. The lowest BCUT2D eigenvalue weighted by atomic mass is 9.59. The molecule has 0 aliphatic carbocycles. The van der Waals surface area contributed by atoms with Gasteiger partial charge < -0.3 is 4.42 Å². The fourth-order valence-electron chi connectivity index (χ4n) is 9.33. The summed E-state index contributed by atoms with van der Waals surface area (Å²) in [6, 6.07) is 31.9. The van der Waals surface area contributed by atoms with Crippen LogP contribution in [0.25, 0.3) is 87.6 Å². The second-order valence-electron chi connectivity index (χ2n) is 15.1. The smallest absolute Gasteiger partial charge is 0.143 e. The van der Waals surface area contributed by atoms with Crippen molar-refractivity contribution >= 4 is 187 Å². The number of hydrogen-bond acceptors (Lipinski definition) is 1. The molecule has 0 saturated heterocycles. The van der Waals surface area contributed by atoms with Gasteiger partial charge in [-0.3, -0.25) is 0 Å². The van der Waals surface area contributed by atoms with Gasteiger partial charge in [-0.05, 0) is 66.2 Å². The van der Waals surface area contributed by atoms with Crippen LogP contribution >= 0.6 is 0 Å². The van der Waals surface area contributed by atoms with E-state index in [1.807, 2.05) is 0 Å². The molecule has 0 radical (unpaired) electrons. The lowest BCUT2D eigenvalue weighted by Gasteiger charge is -2.23. The average molecular weight is 639 g/mol. The van der Waals surface area contributed by atoms with Crippen LogP contribution < -0.4 is 54.6 Å². The quantitative estimate of drug-likeness (QED) is 0.139. The third-order valence-electron chi connectivity index (χ3n) is 13.0. The Hall–Kier alpha value is -4.75. The molecule has 0 fully saturated rings. The van der Waals surface area contributed by atoms with E-state index in [1.54, 1.807) is 0 Å². The minimum absolute atomic E-state index is 0.926. The van der Waals surface area contributed by atoms with E-state index in [2.05, 4.69) is 163 Å². The number of para-hydroxylation sites is 1. The minimum Gasteiger partial charge on any atom is -0.455 e. The first kappa shape index (κ1) is 32.2. The summed E-state index contributed by atoms with van der Waals surface area (Å²) >= 11 is 0. The highest BCUT2D eigenvalue weighted by atomic mass is 16.3. The lowest BCUT2D eigenvalue weighted by Crippen LogP contribution is -2.55. The topological polar surface area (TPSA) is 13.1 Å². The van der Waals surface area contributed by atoms with Crippen LogP contribution in [-0.2, 0) is 0 Å². The molecular weight excluding hydrogens is 605 g/mol. The lowest BCUT2D eigenvalue weighted by molar-refractivity contribution is 0.670. The van der Waals surface area contributed by atoms with Crippen molar-refractivity contribution in [2.45, 2.75) is 0 Å². The van der Waals surface area contributed by atoms with Gasteiger partial charge in [-0.25, -0.2) is 0 Å². The van der Waals surface area contributed by atoms with Crippen LogP contribution in [0.1, 0.15) is 0 Å². The maximum Gasteiger partial charge on any atom is 0.143 e. The third kappa shape index (κ3) is 4.37. The molecule has 0 saturated carbocycles. The number of rotatable bonds is 3. The van der Waals surface area contributed by atoms with Crippen molar-refractivity contribution in [1.82, 2.24) is 0 Å². The Morgan fingerprint density at radius 1 is 0.314 bits per heavy atom. The van der Waals surface area contributed by atoms with E-state index in [9.17, 15) is 0 Å². The molecule has 11 heteroatoms. The predicted molar refractivity (Wildman–Crippen MR) is 256 cm³/mol. The number of fused-ring (bicyclic) bond motifs is 3. The second kappa shape index (κ2) is 11.4. The summed E-state index contributed by atoms with van der Waals surface area (Å²) in [7, 11) is 22.7. The standard InChI is InChI=1S/C40H34B10O/c41-30-28(31(42)35(46)38(49)34(30)45)21-14-10-16-8-12-19-17(11-7-15-9-13-20(21)26(16)25(15)19)18-3-2-6-24-27(18)22-4-1-5-23(40(22)51-24)29-32(43)36(47)39(50)37(48)33(29)44/h1-14H,41-50H2. The summed E-state index contributed by atoms with van der Waals surface area (Å²) in [4.78, 5) is 0.